The molecule has 31 heavy (non-hydrogen) atoms. The lowest BCUT2D eigenvalue weighted by atomic mass is 10.1. The van der Waals surface area contributed by atoms with Crippen LogP contribution in [0.15, 0.2) is 77.7 Å². The van der Waals surface area contributed by atoms with Crippen LogP contribution in [0.25, 0.3) is 0 Å². The zero-order valence-electron chi connectivity index (χ0n) is 16.8. The summed E-state index contributed by atoms with van der Waals surface area (Å²) in [7, 11) is 0. The maximum atomic E-state index is 12.6. The molecule has 1 heterocycles. The van der Waals surface area contributed by atoms with Gasteiger partial charge in [-0.25, -0.2) is 4.79 Å². The number of hydrogen-bond donors (Lipinski definition) is 4. The number of para-hydroxylation sites is 3. The van der Waals surface area contributed by atoms with E-state index in [1.807, 2.05) is 77.7 Å². The zero-order chi connectivity index (χ0) is 21.6. The molecule has 8 heteroatoms. The molecule has 1 aliphatic heterocycles. The summed E-state index contributed by atoms with van der Waals surface area (Å²) in [5, 5.41) is 9.85. The second-order valence-corrected chi connectivity index (χ2v) is 8.48. The highest BCUT2D eigenvalue weighted by Gasteiger charge is 2.34. The van der Waals surface area contributed by atoms with Crippen molar-refractivity contribution >= 4 is 46.5 Å². The minimum Gasteiger partial charge on any atom is -0.383 e. The van der Waals surface area contributed by atoms with E-state index in [0.29, 0.717) is 24.7 Å². The largest absolute Gasteiger partial charge is 0.383 e. The average molecular weight is 454 g/mol. The van der Waals surface area contributed by atoms with E-state index in [-0.39, 0.29) is 11.5 Å². The lowest BCUT2D eigenvalue weighted by molar-refractivity contribution is 0.240. The lowest BCUT2D eigenvalue weighted by Gasteiger charge is -2.30. The smallest absolute Gasteiger partial charge is 0.317 e. The maximum absolute atomic E-state index is 12.6. The monoisotopic (exact) mass is 453 g/mol. The number of anilines is 3. The van der Waals surface area contributed by atoms with Gasteiger partial charge in [-0.05, 0) is 35.9 Å². The van der Waals surface area contributed by atoms with Crippen LogP contribution < -0.4 is 26.6 Å². The van der Waals surface area contributed by atoms with Crippen molar-refractivity contribution in [2.75, 3.05) is 23.3 Å². The first-order chi connectivity index (χ1) is 15.2. The van der Waals surface area contributed by atoms with Crippen molar-refractivity contribution in [2.45, 2.75) is 16.9 Å². The minimum atomic E-state index is -0.343. The number of fused-ring (bicyclic) bond motifs is 1. The highest BCUT2D eigenvalue weighted by Crippen LogP contribution is 2.49. The van der Waals surface area contributed by atoms with Crippen LogP contribution in [0.2, 0.25) is 5.02 Å². The number of amides is 2. The van der Waals surface area contributed by atoms with Gasteiger partial charge in [-0.3, -0.25) is 0 Å². The van der Waals surface area contributed by atoms with E-state index in [4.69, 9.17) is 17.3 Å². The summed E-state index contributed by atoms with van der Waals surface area (Å²) in [5.41, 5.74) is 9.39. The SMILES string of the molecule is NCc1cccc(Cl)c1N1c2ccccc2SC1NC(=O)NCCNc1ccccc1. The Bertz CT molecular complexity index is 1050. The third kappa shape index (κ3) is 4.90. The summed E-state index contributed by atoms with van der Waals surface area (Å²) in [6.07, 6.45) is 0. The molecule has 160 valence electrons. The third-order valence-electron chi connectivity index (χ3n) is 4.90. The van der Waals surface area contributed by atoms with Crippen LogP contribution in [0.5, 0.6) is 0 Å². The highest BCUT2D eigenvalue weighted by molar-refractivity contribution is 8.00. The van der Waals surface area contributed by atoms with Gasteiger partial charge in [0.25, 0.3) is 0 Å². The van der Waals surface area contributed by atoms with E-state index in [1.165, 1.54) is 0 Å². The second-order valence-electron chi connectivity index (χ2n) is 6.95. The van der Waals surface area contributed by atoms with Gasteiger partial charge >= 0.3 is 6.03 Å². The fraction of sp³-hybridized carbons (Fsp3) is 0.174. The van der Waals surface area contributed by atoms with Gasteiger partial charge in [0.2, 0.25) is 0 Å². The quantitative estimate of drug-likeness (QED) is 0.388. The molecule has 2 amide bonds. The molecule has 0 spiro atoms. The molecular weight excluding hydrogens is 430 g/mol. The number of nitrogens with two attached hydrogens (primary N) is 1. The molecule has 0 bridgehead atoms. The predicted octanol–water partition coefficient (Wildman–Crippen LogP) is 4.74. The Labute approximate surface area is 191 Å². The van der Waals surface area contributed by atoms with Gasteiger partial charge in [-0.15, -0.1) is 0 Å². The molecule has 3 aromatic rings. The van der Waals surface area contributed by atoms with Crippen LogP contribution in [-0.2, 0) is 6.54 Å². The molecule has 0 fully saturated rings. The molecule has 0 aromatic heterocycles. The first-order valence-corrected chi connectivity index (χ1v) is 11.3. The van der Waals surface area contributed by atoms with Crippen molar-refractivity contribution < 1.29 is 4.79 Å². The van der Waals surface area contributed by atoms with Crippen LogP contribution in [0, 0.1) is 0 Å². The fourth-order valence-electron chi connectivity index (χ4n) is 3.48. The molecule has 1 aliphatic rings. The van der Waals surface area contributed by atoms with Gasteiger partial charge in [0.15, 0.2) is 5.50 Å². The van der Waals surface area contributed by atoms with Crippen molar-refractivity contribution in [1.82, 2.24) is 10.6 Å². The average Bonchev–Trinajstić information content (AvgIpc) is 3.14. The van der Waals surface area contributed by atoms with Crippen molar-refractivity contribution in [2.24, 2.45) is 5.73 Å². The molecule has 4 rings (SSSR count). The van der Waals surface area contributed by atoms with Crippen molar-refractivity contribution in [3.05, 3.63) is 83.4 Å². The zero-order valence-corrected chi connectivity index (χ0v) is 18.4. The van der Waals surface area contributed by atoms with Crippen LogP contribution in [0.3, 0.4) is 0 Å². The van der Waals surface area contributed by atoms with E-state index < -0.39 is 0 Å². The van der Waals surface area contributed by atoms with E-state index in [2.05, 4.69) is 16.0 Å². The molecule has 1 unspecified atom stereocenters. The molecule has 0 saturated heterocycles. The van der Waals surface area contributed by atoms with Gasteiger partial charge in [0.05, 0.1) is 16.4 Å². The normalized spacial score (nSPS) is 14.8. The first kappa shape index (κ1) is 21.4. The second kappa shape index (κ2) is 9.96. The molecule has 0 saturated carbocycles. The summed E-state index contributed by atoms with van der Waals surface area (Å²) in [6, 6.07) is 23.3. The lowest BCUT2D eigenvalue weighted by Crippen LogP contribution is -2.47. The van der Waals surface area contributed by atoms with Crippen LogP contribution in [0.1, 0.15) is 5.56 Å². The molecule has 0 radical (unpaired) electrons. The van der Waals surface area contributed by atoms with Gasteiger partial charge in [0, 0.05) is 30.2 Å². The Hall–Kier alpha value is -2.87. The van der Waals surface area contributed by atoms with Crippen molar-refractivity contribution in [1.29, 1.82) is 0 Å². The van der Waals surface area contributed by atoms with E-state index in [1.54, 1.807) is 11.8 Å². The van der Waals surface area contributed by atoms with E-state index in [9.17, 15) is 4.79 Å². The van der Waals surface area contributed by atoms with Gasteiger partial charge in [-0.2, -0.15) is 0 Å². The number of hydrogen-bond acceptors (Lipinski definition) is 5. The topological polar surface area (TPSA) is 82.4 Å². The molecule has 0 aliphatic carbocycles. The van der Waals surface area contributed by atoms with Gasteiger partial charge in [0.1, 0.15) is 0 Å². The number of carbonyl (C=O) groups excluding carboxylic acids is 1. The summed E-state index contributed by atoms with van der Waals surface area (Å²) in [4.78, 5) is 15.7. The van der Waals surface area contributed by atoms with Crippen LogP contribution in [0.4, 0.5) is 21.9 Å². The number of thioether (sulfide) groups is 1. The molecule has 1 atom stereocenters. The summed E-state index contributed by atoms with van der Waals surface area (Å²) < 4.78 is 0. The Morgan fingerprint density at radius 1 is 1.00 bits per heavy atom. The fourth-order valence-corrected chi connectivity index (χ4v) is 4.94. The van der Waals surface area contributed by atoms with Crippen LogP contribution in [-0.4, -0.2) is 24.6 Å². The molecule has 5 N–H and O–H groups in total. The number of urea groups is 1. The number of benzene rings is 3. The number of rotatable bonds is 7. The first-order valence-electron chi connectivity index (χ1n) is 10.0. The number of carbonyl (C=O) groups is 1. The Balaban J connectivity index is 1.45. The maximum Gasteiger partial charge on any atom is 0.317 e. The Kier molecular flexibility index (Phi) is 6.86. The number of nitrogens with one attached hydrogen (secondary N) is 3. The van der Waals surface area contributed by atoms with Crippen molar-refractivity contribution in [3.8, 4) is 0 Å². The predicted molar refractivity (Wildman–Crippen MR) is 129 cm³/mol. The summed E-state index contributed by atoms with van der Waals surface area (Å²) in [5.74, 6) is 0. The summed E-state index contributed by atoms with van der Waals surface area (Å²) in [6.45, 7) is 1.47. The highest BCUT2D eigenvalue weighted by atomic mass is 35.5. The number of nitrogens with zero attached hydrogens (tertiary/aromatic N) is 1. The Morgan fingerprint density at radius 2 is 1.77 bits per heavy atom. The molecule has 6 nitrogen and oxygen atoms in total. The number of halogens is 1. The van der Waals surface area contributed by atoms with Crippen molar-refractivity contribution in [3.63, 3.8) is 0 Å². The van der Waals surface area contributed by atoms with E-state index in [0.717, 1.165) is 27.5 Å². The molecular formula is C23H24ClN5OS. The summed E-state index contributed by atoms with van der Waals surface area (Å²) >= 11 is 8.14. The van der Waals surface area contributed by atoms with Crippen LogP contribution >= 0.6 is 23.4 Å². The minimum absolute atomic E-state index is 0.244. The standard InChI is InChI=1S/C23H24ClN5OS/c24-18-10-6-7-16(15-25)21(18)29-19-11-4-5-12-20(19)31-23(29)28-22(30)27-14-13-26-17-8-2-1-3-9-17/h1-12,23,26H,13-15,25H2,(H2,27,28,30). The Morgan fingerprint density at radius 3 is 2.58 bits per heavy atom. The van der Waals surface area contributed by atoms with Gasteiger partial charge < -0.3 is 26.6 Å². The van der Waals surface area contributed by atoms with Gasteiger partial charge in [-0.1, -0.05) is 65.8 Å². The molecule has 3 aromatic carbocycles. The van der Waals surface area contributed by atoms with E-state index >= 15 is 0 Å². The third-order valence-corrected chi connectivity index (χ3v) is 6.35.